The number of hydrogen-bond acceptors (Lipinski definition) is 7. The van der Waals surface area contributed by atoms with E-state index in [-0.39, 0.29) is 34.6 Å². The summed E-state index contributed by atoms with van der Waals surface area (Å²) < 4.78 is 15.9. The first-order valence-electron chi connectivity index (χ1n) is 11.4. The number of phenolic OH excluding ortho intramolecular Hbond substituents is 1. The second-order valence-electron chi connectivity index (χ2n) is 8.57. The monoisotopic (exact) mass is 497 g/mol. The van der Waals surface area contributed by atoms with E-state index in [1.165, 1.54) is 7.11 Å². The highest BCUT2D eigenvalue weighted by molar-refractivity contribution is 6.32. The first kappa shape index (κ1) is 24.7. The maximum atomic E-state index is 13.7. The lowest BCUT2D eigenvalue weighted by Crippen LogP contribution is -2.41. The van der Waals surface area contributed by atoms with E-state index in [1.807, 2.05) is 30.3 Å². The van der Waals surface area contributed by atoms with Gasteiger partial charge in [0.2, 0.25) is 0 Å². The SMILES string of the molecule is CCOc1cc(C2C(C(=O)OC)=C(C)NC3=CC(c4ccc(OC)cc4)CC(=O)C32)cc(Cl)c1O. The lowest BCUT2D eigenvalue weighted by molar-refractivity contribution is -0.136. The van der Waals surface area contributed by atoms with Gasteiger partial charge in [-0.15, -0.1) is 0 Å². The van der Waals surface area contributed by atoms with Crippen molar-refractivity contribution in [3.63, 3.8) is 0 Å². The highest BCUT2D eigenvalue weighted by Crippen LogP contribution is 2.48. The third-order valence-electron chi connectivity index (χ3n) is 6.52. The Balaban J connectivity index is 1.84. The first-order valence-corrected chi connectivity index (χ1v) is 11.8. The fourth-order valence-electron chi connectivity index (χ4n) is 4.92. The molecule has 0 aromatic heterocycles. The fourth-order valence-corrected chi connectivity index (χ4v) is 5.14. The molecule has 3 unspecified atom stereocenters. The molecule has 0 radical (unpaired) electrons. The number of hydrogen-bond donors (Lipinski definition) is 2. The van der Waals surface area contributed by atoms with E-state index in [1.54, 1.807) is 33.1 Å². The van der Waals surface area contributed by atoms with Crippen LogP contribution in [0.4, 0.5) is 0 Å². The van der Waals surface area contributed by atoms with Gasteiger partial charge in [0.25, 0.3) is 0 Å². The molecule has 0 spiro atoms. The highest BCUT2D eigenvalue weighted by atomic mass is 35.5. The van der Waals surface area contributed by atoms with Crippen LogP contribution in [0.1, 0.15) is 43.2 Å². The van der Waals surface area contributed by atoms with Crippen molar-refractivity contribution in [3.8, 4) is 17.2 Å². The predicted octanol–water partition coefficient (Wildman–Crippen LogP) is 4.84. The zero-order chi connectivity index (χ0) is 25.3. The molecule has 0 amide bonds. The summed E-state index contributed by atoms with van der Waals surface area (Å²) in [5.41, 5.74) is 3.24. The molecule has 4 rings (SSSR count). The number of nitrogens with one attached hydrogen (secondary N) is 1. The Morgan fingerprint density at radius 1 is 1.14 bits per heavy atom. The van der Waals surface area contributed by atoms with Gasteiger partial charge in [-0.25, -0.2) is 4.79 Å². The van der Waals surface area contributed by atoms with E-state index in [0.29, 0.717) is 23.4 Å². The van der Waals surface area contributed by atoms with Crippen LogP contribution in [-0.2, 0) is 14.3 Å². The molecule has 2 aromatic carbocycles. The standard InChI is InChI=1S/C27H28ClNO6/c1-5-35-22-13-17(10-19(28)26(22)31)24-23(27(32)34-4)14(2)29-20-11-16(12-21(30)25(20)24)15-6-8-18(33-3)9-7-15/h6-11,13,16,24-25,29,31H,5,12H2,1-4H3. The molecule has 7 nitrogen and oxygen atoms in total. The quantitative estimate of drug-likeness (QED) is 0.551. The number of phenols is 1. The van der Waals surface area contributed by atoms with Gasteiger partial charge in [0.1, 0.15) is 11.5 Å². The Bertz CT molecular complexity index is 1220. The maximum Gasteiger partial charge on any atom is 0.336 e. The van der Waals surface area contributed by atoms with Gasteiger partial charge >= 0.3 is 5.97 Å². The first-order chi connectivity index (χ1) is 16.8. The van der Waals surface area contributed by atoms with Gasteiger partial charge in [-0.2, -0.15) is 0 Å². The number of fused-ring (bicyclic) bond motifs is 1. The van der Waals surface area contributed by atoms with Crippen LogP contribution in [-0.4, -0.2) is 37.7 Å². The third-order valence-corrected chi connectivity index (χ3v) is 6.81. The zero-order valence-corrected chi connectivity index (χ0v) is 20.8. The van der Waals surface area contributed by atoms with Crippen LogP contribution in [0.5, 0.6) is 17.2 Å². The molecule has 2 aliphatic rings. The number of benzene rings is 2. The Morgan fingerprint density at radius 2 is 1.86 bits per heavy atom. The molecule has 1 heterocycles. The number of allylic oxidation sites excluding steroid dienone is 3. The van der Waals surface area contributed by atoms with Gasteiger partial charge in [0.15, 0.2) is 11.5 Å². The molecule has 0 saturated carbocycles. The number of Topliss-reactive ketones (excluding diaryl/α,β-unsaturated/α-hetero) is 1. The van der Waals surface area contributed by atoms with Gasteiger partial charge in [-0.05, 0) is 49.2 Å². The zero-order valence-electron chi connectivity index (χ0n) is 20.1. The van der Waals surface area contributed by atoms with Crippen molar-refractivity contribution in [2.24, 2.45) is 5.92 Å². The van der Waals surface area contributed by atoms with Gasteiger partial charge in [0, 0.05) is 29.7 Å². The molecule has 8 heteroatoms. The van der Waals surface area contributed by atoms with Crippen molar-refractivity contribution in [2.75, 3.05) is 20.8 Å². The summed E-state index contributed by atoms with van der Waals surface area (Å²) in [6.07, 6.45) is 2.32. The predicted molar refractivity (Wildman–Crippen MR) is 132 cm³/mol. The Hall–Kier alpha value is -3.45. The molecular weight excluding hydrogens is 470 g/mol. The van der Waals surface area contributed by atoms with Crippen molar-refractivity contribution in [1.82, 2.24) is 5.32 Å². The fraction of sp³-hybridized carbons (Fsp3) is 0.333. The number of carbonyl (C=O) groups is 2. The van der Waals surface area contributed by atoms with Crippen molar-refractivity contribution in [1.29, 1.82) is 0 Å². The topological polar surface area (TPSA) is 94.1 Å². The lowest BCUT2D eigenvalue weighted by Gasteiger charge is -2.39. The average molecular weight is 498 g/mol. The third kappa shape index (κ3) is 4.60. The minimum atomic E-state index is -0.656. The van der Waals surface area contributed by atoms with Crippen molar-refractivity contribution >= 4 is 23.4 Å². The average Bonchev–Trinajstić information content (AvgIpc) is 2.85. The molecule has 35 heavy (non-hydrogen) atoms. The molecule has 2 aromatic rings. The highest BCUT2D eigenvalue weighted by Gasteiger charge is 2.45. The maximum absolute atomic E-state index is 13.7. The van der Waals surface area contributed by atoms with Crippen LogP contribution in [0.3, 0.4) is 0 Å². The normalized spacial score (nSPS) is 21.6. The molecule has 184 valence electrons. The van der Waals surface area contributed by atoms with Crippen molar-refractivity contribution < 1.29 is 28.9 Å². The summed E-state index contributed by atoms with van der Waals surface area (Å²) >= 11 is 6.32. The van der Waals surface area contributed by atoms with E-state index < -0.39 is 17.8 Å². The summed E-state index contributed by atoms with van der Waals surface area (Å²) in [6, 6.07) is 10.9. The Kier molecular flexibility index (Phi) is 7.08. The second kappa shape index (κ2) is 10.0. The van der Waals surface area contributed by atoms with E-state index in [4.69, 9.17) is 25.8 Å². The number of rotatable bonds is 6. The number of esters is 1. The molecular formula is C27H28ClNO6. The smallest absolute Gasteiger partial charge is 0.336 e. The summed E-state index contributed by atoms with van der Waals surface area (Å²) in [7, 11) is 2.92. The van der Waals surface area contributed by atoms with Crippen LogP contribution < -0.4 is 14.8 Å². The number of ketones is 1. The molecule has 0 bridgehead atoms. The van der Waals surface area contributed by atoms with E-state index in [2.05, 4.69) is 5.32 Å². The van der Waals surface area contributed by atoms with E-state index >= 15 is 0 Å². The van der Waals surface area contributed by atoms with Gasteiger partial charge in [-0.3, -0.25) is 4.79 Å². The van der Waals surface area contributed by atoms with Gasteiger partial charge in [-0.1, -0.05) is 29.8 Å². The van der Waals surface area contributed by atoms with Crippen LogP contribution >= 0.6 is 11.6 Å². The van der Waals surface area contributed by atoms with Crippen molar-refractivity contribution in [3.05, 3.63) is 75.6 Å². The van der Waals surface area contributed by atoms with E-state index in [0.717, 1.165) is 17.0 Å². The van der Waals surface area contributed by atoms with Crippen LogP contribution in [0.25, 0.3) is 0 Å². The summed E-state index contributed by atoms with van der Waals surface area (Å²) in [5, 5.41) is 13.7. The molecule has 0 fully saturated rings. The minimum absolute atomic E-state index is 0.0168. The molecule has 1 aliphatic carbocycles. The Labute approximate surface area is 209 Å². The lowest BCUT2D eigenvalue weighted by atomic mass is 9.68. The van der Waals surface area contributed by atoms with Gasteiger partial charge < -0.3 is 24.6 Å². The van der Waals surface area contributed by atoms with Crippen LogP contribution in [0, 0.1) is 5.92 Å². The Morgan fingerprint density at radius 3 is 2.49 bits per heavy atom. The van der Waals surface area contributed by atoms with Gasteiger partial charge in [0.05, 0.1) is 37.3 Å². The van der Waals surface area contributed by atoms with Crippen LogP contribution in [0.15, 0.2) is 59.4 Å². The number of methoxy groups -OCH3 is 2. The largest absolute Gasteiger partial charge is 0.503 e. The summed E-state index contributed by atoms with van der Waals surface area (Å²) in [6.45, 7) is 3.89. The summed E-state index contributed by atoms with van der Waals surface area (Å²) in [4.78, 5) is 26.5. The van der Waals surface area contributed by atoms with E-state index in [9.17, 15) is 14.7 Å². The molecule has 3 atom stereocenters. The number of ether oxygens (including phenoxy) is 3. The molecule has 1 aliphatic heterocycles. The van der Waals surface area contributed by atoms with Crippen molar-refractivity contribution in [2.45, 2.75) is 32.1 Å². The van der Waals surface area contributed by atoms with Crippen LogP contribution in [0.2, 0.25) is 5.02 Å². The number of halogens is 1. The summed E-state index contributed by atoms with van der Waals surface area (Å²) in [5.74, 6) is -1.22. The number of aromatic hydroxyl groups is 1. The minimum Gasteiger partial charge on any atom is -0.503 e. The second-order valence-corrected chi connectivity index (χ2v) is 8.97. The molecule has 2 N–H and O–H groups in total. The number of carbonyl (C=O) groups excluding carboxylic acids is 2. The molecule has 0 saturated heterocycles.